The summed E-state index contributed by atoms with van der Waals surface area (Å²) in [5, 5.41) is 0. The quantitative estimate of drug-likeness (QED) is 0.507. The normalized spacial score (nSPS) is 13.7. The number of hydrogen-bond donors (Lipinski definition) is 1. The predicted molar refractivity (Wildman–Crippen MR) is 24.0 cm³/mol. The van der Waals surface area contributed by atoms with Crippen molar-refractivity contribution in [2.75, 3.05) is 0 Å². The molecule has 0 amide bonds. The zero-order chi connectivity index (χ0) is 4.99. The minimum Gasteiger partial charge on any atom is -0.328 e. The van der Waals surface area contributed by atoms with Gasteiger partial charge < -0.3 is 5.73 Å². The van der Waals surface area contributed by atoms with Crippen LogP contribution in [0.15, 0.2) is 0 Å². The molecule has 0 aliphatic heterocycles. The predicted octanol–water partition coefficient (Wildman–Crippen LogP) is -0.167. The molecule has 0 saturated heterocycles. The van der Waals surface area contributed by atoms with E-state index in [1.54, 1.807) is 13.2 Å². The Morgan fingerprint density at radius 2 is 2.50 bits per heavy atom. The van der Waals surface area contributed by atoms with Gasteiger partial charge in [-0.3, -0.25) is 4.79 Å². The molecule has 1 radical (unpaired) electrons. The van der Waals surface area contributed by atoms with Crippen molar-refractivity contribution in [3.8, 4) is 0 Å². The summed E-state index contributed by atoms with van der Waals surface area (Å²) < 4.78 is 0. The highest BCUT2D eigenvalue weighted by Crippen LogP contribution is 1.75. The van der Waals surface area contributed by atoms with Crippen molar-refractivity contribution >= 4 is 6.29 Å². The maximum absolute atomic E-state index is 9.41. The minimum absolute atomic E-state index is 0.0255. The Morgan fingerprint density at radius 3 is 2.50 bits per heavy atom. The lowest BCUT2D eigenvalue weighted by molar-refractivity contribution is 0.544. The van der Waals surface area contributed by atoms with Crippen LogP contribution in [0.4, 0.5) is 0 Å². The van der Waals surface area contributed by atoms with Gasteiger partial charge in [-0.2, -0.15) is 0 Å². The lowest BCUT2D eigenvalue weighted by Gasteiger charge is -1.90. The van der Waals surface area contributed by atoms with Crippen molar-refractivity contribution in [1.29, 1.82) is 0 Å². The van der Waals surface area contributed by atoms with Crippen molar-refractivity contribution in [3.05, 3.63) is 0 Å². The van der Waals surface area contributed by atoms with E-state index < -0.39 is 0 Å². The minimum atomic E-state index is -0.0255. The van der Waals surface area contributed by atoms with E-state index in [1.807, 2.05) is 0 Å². The molecule has 6 heavy (non-hydrogen) atoms. The Kier molecular flexibility index (Phi) is 2.67. The van der Waals surface area contributed by atoms with Gasteiger partial charge >= 0.3 is 0 Å². The molecular weight excluding hydrogens is 78.0 g/mol. The van der Waals surface area contributed by atoms with Gasteiger partial charge in [0.2, 0.25) is 0 Å². The molecular formula is C4H8NO. The molecule has 0 aromatic heterocycles. The fourth-order valence-corrected chi connectivity index (χ4v) is 0.131. The highest BCUT2D eigenvalue weighted by molar-refractivity contribution is 5.51. The molecule has 35 valence electrons. The van der Waals surface area contributed by atoms with E-state index in [9.17, 15) is 4.79 Å². The van der Waals surface area contributed by atoms with Gasteiger partial charge in [-0.1, -0.05) is 0 Å². The van der Waals surface area contributed by atoms with Crippen molar-refractivity contribution in [2.24, 2.45) is 5.73 Å². The van der Waals surface area contributed by atoms with Gasteiger partial charge in [-0.15, -0.1) is 0 Å². The maximum Gasteiger partial charge on any atom is 0.199 e. The van der Waals surface area contributed by atoms with Gasteiger partial charge in [0.15, 0.2) is 6.29 Å². The van der Waals surface area contributed by atoms with Crippen LogP contribution in [0.3, 0.4) is 0 Å². The van der Waals surface area contributed by atoms with E-state index in [0.717, 1.165) is 0 Å². The first-order valence-electron chi connectivity index (χ1n) is 1.88. The van der Waals surface area contributed by atoms with Crippen LogP contribution < -0.4 is 5.73 Å². The lowest BCUT2D eigenvalue weighted by Crippen LogP contribution is -2.14. The molecule has 0 aromatic carbocycles. The summed E-state index contributed by atoms with van der Waals surface area (Å²) in [5.41, 5.74) is 5.14. The largest absolute Gasteiger partial charge is 0.328 e. The van der Waals surface area contributed by atoms with E-state index in [0.29, 0.717) is 6.42 Å². The Balaban J connectivity index is 2.81. The fourth-order valence-electron chi connectivity index (χ4n) is 0.131. The average molecular weight is 86.1 g/mol. The summed E-state index contributed by atoms with van der Waals surface area (Å²) in [6.07, 6.45) is 2.04. The molecule has 0 fully saturated rings. The second-order valence-corrected chi connectivity index (χ2v) is 1.33. The van der Waals surface area contributed by atoms with Gasteiger partial charge in [0, 0.05) is 12.5 Å². The van der Waals surface area contributed by atoms with Crippen LogP contribution >= 0.6 is 0 Å². The van der Waals surface area contributed by atoms with Gasteiger partial charge in [0.05, 0.1) is 0 Å². The van der Waals surface area contributed by atoms with Gasteiger partial charge in [0.25, 0.3) is 0 Å². The molecule has 0 saturated carbocycles. The molecule has 2 nitrogen and oxygen atoms in total. The zero-order valence-electron chi connectivity index (χ0n) is 3.77. The van der Waals surface area contributed by atoms with Crippen LogP contribution in [0.25, 0.3) is 0 Å². The van der Waals surface area contributed by atoms with Crippen LogP contribution in [0.1, 0.15) is 13.3 Å². The summed E-state index contributed by atoms with van der Waals surface area (Å²) in [4.78, 5) is 9.41. The average Bonchev–Trinajstić information content (AvgIpc) is 1.35. The molecule has 1 atom stereocenters. The Hall–Kier alpha value is -0.370. The molecule has 2 N–H and O–H groups in total. The summed E-state index contributed by atoms with van der Waals surface area (Å²) in [6, 6.07) is -0.0255. The van der Waals surface area contributed by atoms with Crippen LogP contribution in [-0.2, 0) is 4.79 Å². The second-order valence-electron chi connectivity index (χ2n) is 1.33. The smallest absolute Gasteiger partial charge is 0.199 e. The number of hydrogen-bond acceptors (Lipinski definition) is 2. The van der Waals surface area contributed by atoms with Gasteiger partial charge in [0.1, 0.15) is 0 Å². The molecule has 0 spiro atoms. The molecule has 0 bridgehead atoms. The number of rotatable bonds is 2. The maximum atomic E-state index is 9.41. The highest BCUT2D eigenvalue weighted by Gasteiger charge is 1.87. The highest BCUT2D eigenvalue weighted by atomic mass is 16.1. The third-order valence-electron chi connectivity index (χ3n) is 0.405. The number of nitrogens with two attached hydrogens (primary N) is 1. The fraction of sp³-hybridized carbons (Fsp3) is 0.750. The van der Waals surface area contributed by atoms with E-state index in [4.69, 9.17) is 5.73 Å². The molecule has 0 heterocycles. The molecule has 0 aliphatic rings. The first-order valence-corrected chi connectivity index (χ1v) is 1.88. The van der Waals surface area contributed by atoms with Crippen molar-refractivity contribution in [1.82, 2.24) is 0 Å². The monoisotopic (exact) mass is 86.1 g/mol. The molecule has 0 aromatic rings. The summed E-state index contributed by atoms with van der Waals surface area (Å²) in [5.74, 6) is 0. The molecule has 2 heteroatoms. The van der Waals surface area contributed by atoms with Crippen molar-refractivity contribution < 1.29 is 4.79 Å². The Labute approximate surface area is 37.3 Å². The lowest BCUT2D eigenvalue weighted by atomic mass is 10.3. The zero-order valence-corrected chi connectivity index (χ0v) is 3.77. The van der Waals surface area contributed by atoms with Crippen LogP contribution in [0, 0.1) is 0 Å². The van der Waals surface area contributed by atoms with Crippen LogP contribution in [0.5, 0.6) is 0 Å². The van der Waals surface area contributed by atoms with Gasteiger partial charge in [-0.25, -0.2) is 0 Å². The first-order chi connectivity index (χ1) is 2.77. The van der Waals surface area contributed by atoms with E-state index >= 15 is 0 Å². The van der Waals surface area contributed by atoms with E-state index in [2.05, 4.69) is 0 Å². The third-order valence-corrected chi connectivity index (χ3v) is 0.405. The van der Waals surface area contributed by atoms with Crippen molar-refractivity contribution in [2.45, 2.75) is 19.4 Å². The molecule has 0 rings (SSSR count). The van der Waals surface area contributed by atoms with Gasteiger partial charge in [-0.05, 0) is 6.92 Å². The topological polar surface area (TPSA) is 43.1 Å². The summed E-state index contributed by atoms with van der Waals surface area (Å²) in [6.45, 7) is 1.77. The summed E-state index contributed by atoms with van der Waals surface area (Å²) >= 11 is 0. The Bertz CT molecular complexity index is 42.8. The third kappa shape index (κ3) is 3.63. The molecule has 0 aliphatic carbocycles. The standard InChI is InChI=1S/C4H8NO/c1-4(5)2-3-6/h4H,2,5H2,1H3. The van der Waals surface area contributed by atoms with Crippen LogP contribution in [-0.4, -0.2) is 12.3 Å². The van der Waals surface area contributed by atoms with E-state index in [-0.39, 0.29) is 6.04 Å². The SMILES string of the molecule is CC(N)C[C]=O. The molecule has 1 unspecified atom stereocenters. The van der Waals surface area contributed by atoms with Crippen molar-refractivity contribution in [3.63, 3.8) is 0 Å². The van der Waals surface area contributed by atoms with E-state index in [1.165, 1.54) is 0 Å². The second kappa shape index (κ2) is 2.85. The number of carbonyl (C=O) groups excluding carboxylic acids is 1. The Morgan fingerprint density at radius 1 is 2.00 bits per heavy atom. The first kappa shape index (κ1) is 5.63. The summed E-state index contributed by atoms with van der Waals surface area (Å²) in [7, 11) is 0. The van der Waals surface area contributed by atoms with Crippen LogP contribution in [0.2, 0.25) is 0 Å².